The summed E-state index contributed by atoms with van der Waals surface area (Å²) in [7, 11) is 0. The van der Waals surface area contributed by atoms with Gasteiger partial charge in [-0.1, -0.05) is 18.2 Å². The van der Waals surface area contributed by atoms with E-state index in [0.29, 0.717) is 23.2 Å². The van der Waals surface area contributed by atoms with Crippen molar-refractivity contribution in [2.75, 3.05) is 18.0 Å². The maximum absolute atomic E-state index is 12.7. The van der Waals surface area contributed by atoms with Crippen molar-refractivity contribution in [3.8, 4) is 10.4 Å². The number of rotatable bonds is 2. The molecule has 2 atom stereocenters. The van der Waals surface area contributed by atoms with Gasteiger partial charge in [-0.25, -0.2) is 4.79 Å². The first-order chi connectivity index (χ1) is 13.6. The van der Waals surface area contributed by atoms with Crippen molar-refractivity contribution in [1.29, 1.82) is 0 Å². The Hall–Kier alpha value is -2.63. The second-order valence-electron chi connectivity index (χ2n) is 7.69. The minimum atomic E-state index is -0.279. The van der Waals surface area contributed by atoms with Crippen molar-refractivity contribution in [2.24, 2.45) is 0 Å². The van der Waals surface area contributed by atoms with Crippen molar-refractivity contribution in [2.45, 2.75) is 25.9 Å². The van der Waals surface area contributed by atoms with Crippen LogP contribution in [0.4, 0.5) is 5.69 Å². The van der Waals surface area contributed by atoms with Crippen LogP contribution in [0.5, 0.6) is 0 Å². The van der Waals surface area contributed by atoms with Crippen molar-refractivity contribution in [3.05, 3.63) is 65.0 Å². The summed E-state index contributed by atoms with van der Waals surface area (Å²) in [6.07, 6.45) is 0. The van der Waals surface area contributed by atoms with Gasteiger partial charge in [-0.3, -0.25) is 0 Å². The summed E-state index contributed by atoms with van der Waals surface area (Å²) < 4.78 is 6.91. The molecule has 5 rings (SSSR count). The quantitative estimate of drug-likeness (QED) is 0.497. The van der Waals surface area contributed by atoms with Gasteiger partial charge in [0.1, 0.15) is 5.58 Å². The van der Waals surface area contributed by atoms with Crippen LogP contribution in [0.3, 0.4) is 0 Å². The van der Waals surface area contributed by atoms with Gasteiger partial charge < -0.3 is 14.6 Å². The molecule has 0 radical (unpaired) electrons. The molecule has 0 saturated carbocycles. The number of anilines is 1. The fraction of sp³-hybridized carbons (Fsp3) is 0.261. The number of nitrogens with one attached hydrogen (secondary N) is 1. The maximum atomic E-state index is 12.7. The second-order valence-corrected chi connectivity index (χ2v) is 8.78. The lowest BCUT2D eigenvalue weighted by Crippen LogP contribution is -2.54. The topological polar surface area (TPSA) is 45.5 Å². The van der Waals surface area contributed by atoms with Gasteiger partial charge in [0.05, 0.1) is 5.56 Å². The van der Waals surface area contributed by atoms with Gasteiger partial charge in [0.25, 0.3) is 0 Å². The molecule has 1 fully saturated rings. The van der Waals surface area contributed by atoms with Gasteiger partial charge in [-0.15, -0.1) is 11.3 Å². The highest BCUT2D eigenvalue weighted by Gasteiger charge is 2.21. The first-order valence-electron chi connectivity index (χ1n) is 9.65. The molecule has 1 aliphatic rings. The second kappa shape index (κ2) is 6.76. The molecule has 142 valence electrons. The SMILES string of the molecule is C[C@@H]1CN(c2ccc3cc(-c4cc5ccccc5s4)c(=O)oc3c2)C[C@H](C)N1. The van der Waals surface area contributed by atoms with Crippen molar-refractivity contribution in [1.82, 2.24) is 5.32 Å². The molecule has 5 heteroatoms. The van der Waals surface area contributed by atoms with Crippen LogP contribution in [-0.4, -0.2) is 25.2 Å². The third-order valence-electron chi connectivity index (χ3n) is 5.33. The molecule has 0 bridgehead atoms. The van der Waals surface area contributed by atoms with E-state index in [4.69, 9.17) is 4.42 Å². The molecule has 28 heavy (non-hydrogen) atoms. The number of benzene rings is 2. The summed E-state index contributed by atoms with van der Waals surface area (Å²) in [5, 5.41) is 5.65. The number of nitrogens with zero attached hydrogens (tertiary/aromatic N) is 1. The Kier molecular flexibility index (Phi) is 4.22. The number of hydrogen-bond donors (Lipinski definition) is 1. The Morgan fingerprint density at radius 3 is 2.57 bits per heavy atom. The Morgan fingerprint density at radius 2 is 1.79 bits per heavy atom. The summed E-state index contributed by atoms with van der Waals surface area (Å²) in [6.45, 7) is 6.28. The lowest BCUT2D eigenvalue weighted by atomic mass is 10.1. The van der Waals surface area contributed by atoms with Gasteiger partial charge in [-0.2, -0.15) is 0 Å². The van der Waals surface area contributed by atoms with Crippen molar-refractivity contribution >= 4 is 38.1 Å². The molecule has 1 saturated heterocycles. The van der Waals surface area contributed by atoms with E-state index >= 15 is 0 Å². The smallest absolute Gasteiger partial charge is 0.345 e. The Balaban J connectivity index is 1.55. The predicted octanol–water partition coefficient (Wildman–Crippen LogP) is 4.86. The zero-order valence-electron chi connectivity index (χ0n) is 15.9. The van der Waals surface area contributed by atoms with Gasteiger partial charge in [0, 0.05) is 51.9 Å². The molecule has 1 aliphatic heterocycles. The molecule has 1 N–H and O–H groups in total. The van der Waals surface area contributed by atoms with Gasteiger partial charge in [0.15, 0.2) is 0 Å². The van der Waals surface area contributed by atoms with Crippen LogP contribution in [-0.2, 0) is 0 Å². The van der Waals surface area contributed by atoms with Gasteiger partial charge in [0.2, 0.25) is 0 Å². The van der Waals surface area contributed by atoms with Crippen molar-refractivity contribution in [3.63, 3.8) is 0 Å². The lowest BCUT2D eigenvalue weighted by Gasteiger charge is -2.37. The molecule has 2 aromatic carbocycles. The monoisotopic (exact) mass is 390 g/mol. The van der Waals surface area contributed by atoms with E-state index in [1.54, 1.807) is 11.3 Å². The minimum absolute atomic E-state index is 0.279. The summed E-state index contributed by atoms with van der Waals surface area (Å²) in [5.41, 5.74) is 2.10. The highest BCUT2D eigenvalue weighted by atomic mass is 32.1. The molecule has 0 unspecified atom stereocenters. The van der Waals surface area contributed by atoms with Crippen LogP contribution in [0.1, 0.15) is 13.8 Å². The third-order valence-corrected chi connectivity index (χ3v) is 6.48. The predicted molar refractivity (Wildman–Crippen MR) is 118 cm³/mol. The fourth-order valence-electron chi connectivity index (χ4n) is 4.12. The molecule has 4 nitrogen and oxygen atoms in total. The summed E-state index contributed by atoms with van der Waals surface area (Å²) in [5.74, 6) is 0. The van der Waals surface area contributed by atoms with Crippen LogP contribution < -0.4 is 15.8 Å². The van der Waals surface area contributed by atoms with E-state index in [1.165, 1.54) is 4.70 Å². The van der Waals surface area contributed by atoms with Crippen LogP contribution in [0.15, 0.2) is 63.8 Å². The third kappa shape index (κ3) is 3.11. The summed E-state index contributed by atoms with van der Waals surface area (Å²) in [4.78, 5) is 16.0. The van der Waals surface area contributed by atoms with Gasteiger partial charge in [-0.05, 0) is 49.6 Å². The normalized spacial score (nSPS) is 20.1. The average Bonchev–Trinajstić information content (AvgIpc) is 3.10. The van der Waals surface area contributed by atoms with E-state index in [0.717, 1.165) is 34.4 Å². The fourth-order valence-corrected chi connectivity index (χ4v) is 5.19. The van der Waals surface area contributed by atoms with Gasteiger partial charge >= 0.3 is 5.63 Å². The van der Waals surface area contributed by atoms with E-state index in [-0.39, 0.29) is 5.63 Å². The van der Waals surface area contributed by atoms with Crippen LogP contribution in [0.2, 0.25) is 0 Å². The first-order valence-corrected chi connectivity index (χ1v) is 10.5. The lowest BCUT2D eigenvalue weighted by molar-refractivity contribution is 0.407. The van der Waals surface area contributed by atoms with Crippen LogP contribution in [0.25, 0.3) is 31.5 Å². The number of hydrogen-bond acceptors (Lipinski definition) is 5. The molecular weight excluding hydrogens is 368 g/mol. The molecule has 2 aromatic heterocycles. The maximum Gasteiger partial charge on any atom is 0.345 e. The number of piperazine rings is 1. The van der Waals surface area contributed by atoms with Crippen LogP contribution >= 0.6 is 11.3 Å². The molecule has 0 spiro atoms. The minimum Gasteiger partial charge on any atom is -0.422 e. The largest absolute Gasteiger partial charge is 0.422 e. The Bertz CT molecular complexity index is 1180. The Labute approximate surface area is 167 Å². The molecule has 3 heterocycles. The first kappa shape index (κ1) is 17.5. The number of thiophene rings is 1. The highest BCUT2D eigenvalue weighted by Crippen LogP contribution is 2.33. The van der Waals surface area contributed by atoms with E-state index < -0.39 is 0 Å². The van der Waals surface area contributed by atoms with Crippen LogP contribution in [0, 0.1) is 0 Å². The van der Waals surface area contributed by atoms with E-state index in [1.807, 2.05) is 24.3 Å². The highest BCUT2D eigenvalue weighted by molar-refractivity contribution is 7.22. The standard InChI is InChI=1S/C23H22N2O2S/c1-14-12-25(13-15(2)24-14)18-8-7-16-9-19(23(26)27-20(16)11-18)22-10-17-5-3-4-6-21(17)28-22/h3-11,14-15,24H,12-13H2,1-2H3/t14-,15+. The zero-order valence-corrected chi connectivity index (χ0v) is 16.8. The number of fused-ring (bicyclic) bond motifs is 2. The molecular formula is C23H22N2O2S. The van der Waals surface area contributed by atoms with E-state index in [2.05, 4.69) is 54.4 Å². The van der Waals surface area contributed by atoms with Crippen molar-refractivity contribution < 1.29 is 4.42 Å². The summed E-state index contributed by atoms with van der Waals surface area (Å²) in [6, 6.07) is 19.2. The zero-order chi connectivity index (χ0) is 19.3. The molecule has 4 aromatic rings. The van der Waals surface area contributed by atoms with E-state index in [9.17, 15) is 4.79 Å². The molecule has 0 aliphatic carbocycles. The summed E-state index contributed by atoms with van der Waals surface area (Å²) >= 11 is 1.62. The Morgan fingerprint density at radius 1 is 1.00 bits per heavy atom. The average molecular weight is 391 g/mol. The molecule has 0 amide bonds.